The number of hydrogen-bond acceptors (Lipinski definition) is 6. The van der Waals surface area contributed by atoms with E-state index in [1.165, 1.54) is 17.0 Å². The largest absolute Gasteiger partial charge is 0.274 e. The fraction of sp³-hybridized carbons (Fsp3) is 0.300. The lowest BCUT2D eigenvalue weighted by molar-refractivity contribution is -0.385. The van der Waals surface area contributed by atoms with Crippen LogP contribution in [0.4, 0.5) is 11.4 Å². The molecule has 0 N–H and O–H groups in total. The van der Waals surface area contributed by atoms with E-state index in [4.69, 9.17) is 0 Å². The van der Waals surface area contributed by atoms with Gasteiger partial charge < -0.3 is 0 Å². The van der Waals surface area contributed by atoms with E-state index in [-0.39, 0.29) is 23.5 Å². The Kier molecular flexibility index (Phi) is 4.27. The zero-order valence-corrected chi connectivity index (χ0v) is 16.9. The van der Waals surface area contributed by atoms with Crippen LogP contribution in [0.3, 0.4) is 0 Å². The summed E-state index contributed by atoms with van der Waals surface area (Å²) in [5, 5.41) is 15.3. The summed E-state index contributed by atoms with van der Waals surface area (Å²) >= 11 is 3.37. The zero-order chi connectivity index (χ0) is 20.3. The molecule has 0 aliphatic carbocycles. The first kappa shape index (κ1) is 18.4. The van der Waals surface area contributed by atoms with Crippen molar-refractivity contribution in [2.45, 2.75) is 18.5 Å². The standard InChI is InChI=1S/C20H17BrN4O4/c21-13-5-7-14(8-6-13)24-19(26)16-17(12-3-1-4-15(11-12)25(28)29)22-9-2-10-23(22)18(16)20(24)27/h1,3-8,11,16-18H,2,9-10H2/t16-,17+,18-/m1/s1. The van der Waals surface area contributed by atoms with Crippen molar-refractivity contribution in [3.63, 3.8) is 0 Å². The van der Waals surface area contributed by atoms with Gasteiger partial charge in [0, 0.05) is 29.7 Å². The number of imide groups is 1. The first-order chi connectivity index (χ1) is 14.0. The Morgan fingerprint density at radius 1 is 0.966 bits per heavy atom. The highest BCUT2D eigenvalue weighted by Gasteiger charge is 2.62. The fourth-order valence-electron chi connectivity index (χ4n) is 4.78. The third-order valence-electron chi connectivity index (χ3n) is 5.91. The van der Waals surface area contributed by atoms with Gasteiger partial charge in [-0.25, -0.2) is 14.9 Å². The fourth-order valence-corrected chi connectivity index (χ4v) is 5.04. The van der Waals surface area contributed by atoms with Crippen molar-refractivity contribution in [2.24, 2.45) is 5.92 Å². The Hall–Kier alpha value is -2.62. The first-order valence-electron chi connectivity index (χ1n) is 9.38. The number of nitro benzene ring substituents is 1. The van der Waals surface area contributed by atoms with E-state index in [0.717, 1.165) is 17.4 Å². The van der Waals surface area contributed by atoms with Gasteiger partial charge in [0.1, 0.15) is 6.04 Å². The van der Waals surface area contributed by atoms with Crippen molar-refractivity contribution in [2.75, 3.05) is 18.0 Å². The van der Waals surface area contributed by atoms with Crippen LogP contribution >= 0.6 is 15.9 Å². The molecule has 2 amide bonds. The number of rotatable bonds is 3. The van der Waals surface area contributed by atoms with Gasteiger partial charge in [-0.2, -0.15) is 0 Å². The summed E-state index contributed by atoms with van der Waals surface area (Å²) in [5.74, 6) is -1.08. The molecule has 0 unspecified atom stereocenters. The number of halogens is 1. The molecule has 3 heterocycles. The average molecular weight is 457 g/mol. The minimum Gasteiger partial charge on any atom is -0.274 e. The molecule has 9 heteroatoms. The van der Waals surface area contributed by atoms with Crippen LogP contribution in [-0.4, -0.2) is 45.9 Å². The molecule has 29 heavy (non-hydrogen) atoms. The van der Waals surface area contributed by atoms with Gasteiger partial charge in [0.2, 0.25) is 5.91 Å². The Morgan fingerprint density at radius 2 is 1.66 bits per heavy atom. The number of benzene rings is 2. The quantitative estimate of drug-likeness (QED) is 0.400. The molecule has 148 valence electrons. The summed E-state index contributed by atoms with van der Waals surface area (Å²) in [6, 6.07) is 12.5. The van der Waals surface area contributed by atoms with Gasteiger partial charge in [0.15, 0.2) is 0 Å². The number of carbonyl (C=O) groups is 2. The smallest absolute Gasteiger partial charge is 0.269 e. The normalized spacial score (nSPS) is 26.8. The van der Waals surface area contributed by atoms with Crippen LogP contribution in [-0.2, 0) is 9.59 Å². The minimum atomic E-state index is -0.589. The molecule has 3 atom stereocenters. The number of hydrazine groups is 1. The molecule has 0 aromatic heterocycles. The molecule has 8 nitrogen and oxygen atoms in total. The number of amides is 2. The van der Waals surface area contributed by atoms with Gasteiger partial charge in [0.25, 0.3) is 11.6 Å². The van der Waals surface area contributed by atoms with Crippen molar-refractivity contribution < 1.29 is 14.5 Å². The van der Waals surface area contributed by atoms with Crippen molar-refractivity contribution in [1.29, 1.82) is 0 Å². The second kappa shape index (κ2) is 6.72. The molecule has 5 rings (SSSR count). The van der Waals surface area contributed by atoms with Crippen LogP contribution in [0.25, 0.3) is 0 Å². The van der Waals surface area contributed by atoms with E-state index in [0.29, 0.717) is 17.8 Å². The molecule has 3 aliphatic rings. The third kappa shape index (κ3) is 2.72. The van der Waals surface area contributed by atoms with Crippen LogP contribution in [0.15, 0.2) is 53.0 Å². The number of carbonyl (C=O) groups excluding carboxylic acids is 2. The van der Waals surface area contributed by atoms with Gasteiger partial charge in [-0.05, 0) is 36.2 Å². The second-order valence-electron chi connectivity index (χ2n) is 7.44. The summed E-state index contributed by atoms with van der Waals surface area (Å²) in [6.45, 7) is 1.42. The van der Waals surface area contributed by atoms with Gasteiger partial charge in [-0.1, -0.05) is 28.1 Å². The Balaban J connectivity index is 1.58. The zero-order valence-electron chi connectivity index (χ0n) is 15.3. The summed E-state index contributed by atoms with van der Waals surface area (Å²) in [4.78, 5) is 38.8. The van der Waals surface area contributed by atoms with Gasteiger partial charge in [-0.3, -0.25) is 19.7 Å². The van der Waals surface area contributed by atoms with E-state index in [1.54, 1.807) is 36.4 Å². The number of nitro groups is 1. The molecule has 2 aromatic carbocycles. The molecular formula is C20H17BrN4O4. The highest BCUT2D eigenvalue weighted by Crippen LogP contribution is 2.49. The topological polar surface area (TPSA) is 87.0 Å². The molecule has 3 saturated heterocycles. The Morgan fingerprint density at radius 3 is 2.34 bits per heavy atom. The summed E-state index contributed by atoms with van der Waals surface area (Å²) in [7, 11) is 0. The average Bonchev–Trinajstić information content (AvgIpc) is 3.35. The van der Waals surface area contributed by atoms with Gasteiger partial charge in [-0.15, -0.1) is 0 Å². The summed E-state index contributed by atoms with van der Waals surface area (Å²) in [6.07, 6.45) is 0.883. The minimum absolute atomic E-state index is 0.0155. The molecule has 0 saturated carbocycles. The van der Waals surface area contributed by atoms with E-state index in [1.807, 2.05) is 10.0 Å². The summed E-state index contributed by atoms with van der Waals surface area (Å²) < 4.78 is 0.862. The molecule has 3 fully saturated rings. The highest BCUT2D eigenvalue weighted by atomic mass is 79.9. The molecule has 0 radical (unpaired) electrons. The monoisotopic (exact) mass is 456 g/mol. The maximum Gasteiger partial charge on any atom is 0.269 e. The molecule has 0 spiro atoms. The van der Waals surface area contributed by atoms with E-state index in [9.17, 15) is 19.7 Å². The highest BCUT2D eigenvalue weighted by molar-refractivity contribution is 9.10. The number of non-ortho nitro benzene ring substituents is 1. The molecular weight excluding hydrogens is 440 g/mol. The van der Waals surface area contributed by atoms with E-state index >= 15 is 0 Å². The van der Waals surface area contributed by atoms with E-state index < -0.39 is 16.9 Å². The van der Waals surface area contributed by atoms with Gasteiger partial charge in [0.05, 0.1) is 22.6 Å². The van der Waals surface area contributed by atoms with Crippen molar-refractivity contribution >= 4 is 39.1 Å². The lowest BCUT2D eigenvalue weighted by atomic mass is 9.89. The van der Waals surface area contributed by atoms with Crippen molar-refractivity contribution in [3.05, 3.63) is 68.7 Å². The molecule has 3 aliphatic heterocycles. The van der Waals surface area contributed by atoms with Crippen LogP contribution in [0.2, 0.25) is 0 Å². The Bertz CT molecular complexity index is 1030. The SMILES string of the molecule is O=C1[C@H]2[C@H](C(=O)N1c1ccc(Br)cc1)N1CCCN1[C@H]2c1cccc([N+](=O)[O-])c1. The molecule has 0 bridgehead atoms. The Labute approximate surface area is 174 Å². The maximum atomic E-state index is 13.4. The van der Waals surface area contributed by atoms with Gasteiger partial charge >= 0.3 is 0 Å². The van der Waals surface area contributed by atoms with E-state index in [2.05, 4.69) is 15.9 Å². The van der Waals surface area contributed by atoms with Crippen molar-refractivity contribution in [3.8, 4) is 0 Å². The van der Waals surface area contributed by atoms with Crippen molar-refractivity contribution in [1.82, 2.24) is 10.0 Å². The number of fused-ring (bicyclic) bond motifs is 3. The maximum absolute atomic E-state index is 13.4. The predicted molar refractivity (Wildman–Crippen MR) is 108 cm³/mol. The van der Waals surface area contributed by atoms with Crippen LogP contribution in [0.1, 0.15) is 18.0 Å². The third-order valence-corrected chi connectivity index (χ3v) is 6.44. The predicted octanol–water partition coefficient (Wildman–Crippen LogP) is 2.89. The lowest BCUT2D eigenvalue weighted by Crippen LogP contribution is -2.44. The molecule has 2 aromatic rings. The number of anilines is 1. The second-order valence-corrected chi connectivity index (χ2v) is 8.35. The first-order valence-corrected chi connectivity index (χ1v) is 10.2. The number of nitrogens with zero attached hydrogens (tertiary/aromatic N) is 4. The van der Waals surface area contributed by atoms with Crippen LogP contribution in [0, 0.1) is 16.0 Å². The number of hydrogen-bond donors (Lipinski definition) is 0. The van der Waals surface area contributed by atoms with Crippen LogP contribution < -0.4 is 4.90 Å². The lowest BCUT2D eigenvalue weighted by Gasteiger charge is -2.29. The van der Waals surface area contributed by atoms with Crippen LogP contribution in [0.5, 0.6) is 0 Å². The summed E-state index contributed by atoms with van der Waals surface area (Å²) in [5.41, 5.74) is 1.22.